The molecule has 2 rings (SSSR count). The minimum absolute atomic E-state index is 0. The molecule has 0 saturated heterocycles. The molecule has 1 aromatic carbocycles. The Bertz CT molecular complexity index is 457. The third-order valence-corrected chi connectivity index (χ3v) is 1.83. The van der Waals surface area contributed by atoms with E-state index in [0.29, 0.717) is 12.4 Å². The Hall–Kier alpha value is -1.14. The average Bonchev–Trinajstić information content (AvgIpc) is 2.85. The zero-order chi connectivity index (χ0) is 11.2. The third-order valence-electron chi connectivity index (χ3n) is 1.83. The molecule has 0 saturated carbocycles. The fourth-order valence-corrected chi connectivity index (χ4v) is 1.16. The van der Waals surface area contributed by atoms with Crippen LogP contribution in [0.5, 0.6) is 0 Å². The zero-order valence-corrected chi connectivity index (χ0v) is 12.2. The molecule has 0 aliphatic rings. The van der Waals surface area contributed by atoms with E-state index in [4.69, 9.17) is 4.84 Å². The van der Waals surface area contributed by atoms with E-state index in [1.165, 1.54) is 4.68 Å². The molecular weight excluding hydrogens is 295 g/mol. The van der Waals surface area contributed by atoms with Crippen LogP contribution in [-0.2, 0) is 37.5 Å². The maximum absolute atomic E-state index is 5.03. The van der Waals surface area contributed by atoms with Gasteiger partial charge in [-0.3, -0.25) is 0 Å². The molecule has 7 heteroatoms. The van der Waals surface area contributed by atoms with E-state index in [1.54, 1.807) is 0 Å². The Morgan fingerprint density at radius 3 is 2.76 bits per heavy atom. The Kier molecular flexibility index (Phi) is 5.93. The normalized spacial score (nSPS) is 10.8. The molecule has 6 nitrogen and oxygen atoms in total. The Morgan fingerprint density at radius 1 is 1.41 bits per heavy atom. The second-order valence-corrected chi connectivity index (χ2v) is 2.89. The first-order chi connectivity index (χ1) is 7.92. The summed E-state index contributed by atoms with van der Waals surface area (Å²) in [5, 5.41) is 14.7. The number of rotatable bonds is 3. The van der Waals surface area contributed by atoms with Crippen molar-refractivity contribution in [2.24, 2.45) is 5.16 Å². The van der Waals surface area contributed by atoms with Crippen molar-refractivity contribution in [2.75, 3.05) is 6.61 Å². The number of nitrogens with zero attached hydrogens (tertiary/aromatic N) is 5. The van der Waals surface area contributed by atoms with Gasteiger partial charge in [-0.25, -0.2) is 5.10 Å². The van der Waals surface area contributed by atoms with Crippen LogP contribution >= 0.6 is 0 Å². The van der Waals surface area contributed by atoms with Gasteiger partial charge in [-0.05, 0) is 18.5 Å². The molecule has 0 spiro atoms. The number of aromatic nitrogens is 4. The maximum atomic E-state index is 5.03. The Morgan fingerprint density at radius 2 is 2.18 bits per heavy atom. The summed E-state index contributed by atoms with van der Waals surface area (Å²) >= 11 is 0. The smallest absolute Gasteiger partial charge is 0.112 e. The fraction of sp³-hybridized carbons (Fsp3) is 0.200. The molecule has 0 bridgehead atoms. The number of tetrazole rings is 1. The molecule has 0 N–H and O–H groups in total. The topological polar surface area (TPSA) is 65.2 Å². The molecule has 0 aliphatic heterocycles. The largest absolute Gasteiger partial charge is 0.413 e. The van der Waals surface area contributed by atoms with Gasteiger partial charge < -0.3 is 9.52 Å². The fourth-order valence-electron chi connectivity index (χ4n) is 1.16. The van der Waals surface area contributed by atoms with Gasteiger partial charge >= 0.3 is 0 Å². The van der Waals surface area contributed by atoms with Crippen LogP contribution < -0.4 is 0 Å². The number of oxime groups is 1. The summed E-state index contributed by atoms with van der Waals surface area (Å²) in [6.45, 7) is 2.34. The summed E-state index contributed by atoms with van der Waals surface area (Å²) in [5.74, 6) is 0.507. The minimum atomic E-state index is 0. The maximum Gasteiger partial charge on any atom is 0.112 e. The van der Waals surface area contributed by atoms with Gasteiger partial charge in [0, 0.05) is 38.5 Å². The molecule has 1 heterocycles. The van der Waals surface area contributed by atoms with Crippen molar-refractivity contribution in [3.8, 4) is 0 Å². The van der Waals surface area contributed by atoms with Gasteiger partial charge in [0.05, 0.1) is 0 Å². The van der Waals surface area contributed by atoms with E-state index in [2.05, 4.69) is 27.0 Å². The van der Waals surface area contributed by atoms with E-state index in [0.717, 1.165) is 5.56 Å². The van der Waals surface area contributed by atoms with Crippen LogP contribution in [0.15, 0.2) is 35.5 Å². The SMILES string of the molecule is CCON=C(c1ccccc1)n1[c-]nnn1.[Y]. The van der Waals surface area contributed by atoms with Crippen molar-refractivity contribution < 1.29 is 37.5 Å². The molecule has 1 radical (unpaired) electrons. The van der Waals surface area contributed by atoms with Crippen LogP contribution in [0.1, 0.15) is 12.5 Å². The van der Waals surface area contributed by atoms with Crippen molar-refractivity contribution in [3.63, 3.8) is 0 Å². The second-order valence-electron chi connectivity index (χ2n) is 2.89. The molecule has 85 valence electrons. The van der Waals surface area contributed by atoms with Crippen LogP contribution in [0.25, 0.3) is 0 Å². The molecule has 17 heavy (non-hydrogen) atoms. The van der Waals surface area contributed by atoms with Crippen LogP contribution in [0.3, 0.4) is 0 Å². The Labute approximate surface area is 124 Å². The third kappa shape index (κ3) is 3.68. The number of hydrogen-bond acceptors (Lipinski definition) is 5. The van der Waals surface area contributed by atoms with Gasteiger partial charge in [0.1, 0.15) is 6.61 Å². The van der Waals surface area contributed by atoms with E-state index in [9.17, 15) is 0 Å². The monoisotopic (exact) mass is 305 g/mol. The average molecular weight is 305 g/mol. The van der Waals surface area contributed by atoms with E-state index < -0.39 is 0 Å². The first kappa shape index (κ1) is 13.9. The standard InChI is InChI=1S/C10H10N5O.Y/c1-2-16-12-10(15-8-11-13-14-15)9-6-4-3-5-7-9;/h3-7H,2H2,1H3;/q-1;. The molecule has 0 aliphatic carbocycles. The van der Waals surface area contributed by atoms with Crippen molar-refractivity contribution in [2.45, 2.75) is 6.92 Å². The van der Waals surface area contributed by atoms with Gasteiger partial charge in [-0.1, -0.05) is 41.1 Å². The van der Waals surface area contributed by atoms with Gasteiger partial charge in [0.2, 0.25) is 0 Å². The number of benzene rings is 1. The van der Waals surface area contributed by atoms with E-state index in [1.807, 2.05) is 37.3 Å². The van der Waals surface area contributed by atoms with Gasteiger partial charge in [0.25, 0.3) is 0 Å². The second kappa shape index (κ2) is 7.24. The summed E-state index contributed by atoms with van der Waals surface area (Å²) in [5.41, 5.74) is 0.861. The van der Waals surface area contributed by atoms with Gasteiger partial charge in [-0.2, -0.15) is 5.16 Å². The van der Waals surface area contributed by atoms with Crippen molar-refractivity contribution in [1.29, 1.82) is 0 Å². The molecule has 0 unspecified atom stereocenters. The van der Waals surface area contributed by atoms with Gasteiger partial charge in [-0.15, -0.1) is 0 Å². The molecule has 2 aromatic rings. The van der Waals surface area contributed by atoms with Crippen LogP contribution in [0, 0.1) is 6.33 Å². The summed E-state index contributed by atoms with van der Waals surface area (Å²) in [7, 11) is 0. The summed E-state index contributed by atoms with van der Waals surface area (Å²) in [4.78, 5) is 5.03. The van der Waals surface area contributed by atoms with Gasteiger partial charge in [0.15, 0.2) is 0 Å². The summed E-state index contributed by atoms with van der Waals surface area (Å²) in [6, 6.07) is 9.52. The van der Waals surface area contributed by atoms with Crippen molar-refractivity contribution >= 4 is 5.84 Å². The molecule has 0 fully saturated rings. The first-order valence-electron chi connectivity index (χ1n) is 4.83. The minimum Gasteiger partial charge on any atom is -0.413 e. The molecule has 1 aromatic heterocycles. The first-order valence-corrected chi connectivity index (χ1v) is 4.83. The molecular formula is C10H10N5OY-. The van der Waals surface area contributed by atoms with E-state index in [-0.39, 0.29) is 32.7 Å². The molecule has 0 atom stereocenters. The predicted molar refractivity (Wildman–Crippen MR) is 56.7 cm³/mol. The summed E-state index contributed by atoms with van der Waals surface area (Å²) in [6.07, 6.45) is 2.58. The van der Waals surface area contributed by atoms with Crippen molar-refractivity contribution in [3.05, 3.63) is 42.2 Å². The van der Waals surface area contributed by atoms with E-state index >= 15 is 0 Å². The quantitative estimate of drug-likeness (QED) is 0.363. The Balaban J connectivity index is 0.00000144. The predicted octanol–water partition coefficient (Wildman–Crippen LogP) is 0.717. The van der Waals surface area contributed by atoms with Crippen molar-refractivity contribution in [1.82, 2.24) is 20.2 Å². The number of hydrogen-bond donors (Lipinski definition) is 0. The molecule has 0 amide bonds. The van der Waals surface area contributed by atoms with Crippen LogP contribution in [0.2, 0.25) is 0 Å². The van der Waals surface area contributed by atoms with Crippen LogP contribution in [-0.4, -0.2) is 32.6 Å². The summed E-state index contributed by atoms with van der Waals surface area (Å²) < 4.78 is 1.34. The zero-order valence-electron chi connectivity index (χ0n) is 9.32. The van der Waals surface area contributed by atoms with Crippen LogP contribution in [0.4, 0.5) is 0 Å².